The Morgan fingerprint density at radius 3 is 2.48 bits per heavy atom. The molecule has 7 heteroatoms. The Bertz CT molecular complexity index is 627. The van der Waals surface area contributed by atoms with E-state index in [0.29, 0.717) is 19.4 Å². The van der Waals surface area contributed by atoms with E-state index in [1.165, 1.54) is 12.1 Å². The molecule has 1 aliphatic heterocycles. The van der Waals surface area contributed by atoms with E-state index in [2.05, 4.69) is 0 Å². The average Bonchev–Trinajstić information content (AvgIpc) is 2.46. The van der Waals surface area contributed by atoms with Crippen molar-refractivity contribution in [2.24, 2.45) is 10.6 Å². The van der Waals surface area contributed by atoms with Gasteiger partial charge in [-0.15, -0.1) is 0 Å². The summed E-state index contributed by atoms with van der Waals surface area (Å²) in [5, 5.41) is 14.6. The molecule has 21 heavy (non-hydrogen) atoms. The Morgan fingerprint density at radius 1 is 1.38 bits per heavy atom. The van der Waals surface area contributed by atoms with Gasteiger partial charge in [-0.3, -0.25) is 4.79 Å². The van der Waals surface area contributed by atoms with Gasteiger partial charge in [0.15, 0.2) is 0 Å². The van der Waals surface area contributed by atoms with Crippen molar-refractivity contribution in [3.8, 4) is 0 Å². The van der Waals surface area contributed by atoms with Gasteiger partial charge in [0.1, 0.15) is 0 Å². The van der Waals surface area contributed by atoms with Gasteiger partial charge in [0, 0.05) is 18.8 Å². The molecule has 3 N–H and O–H groups in total. The van der Waals surface area contributed by atoms with Crippen LogP contribution < -0.4 is 10.0 Å². The molecular formula is C14H20N2O4S. The molecule has 0 amide bonds. The SMILES string of the molecule is CCC1(C(=O)O)CCCN(c2ccc(S(N)(=O)=O)cc2)C1. The molecule has 0 aliphatic carbocycles. The van der Waals surface area contributed by atoms with Crippen LogP contribution in [0.25, 0.3) is 0 Å². The molecule has 0 radical (unpaired) electrons. The first-order chi connectivity index (χ1) is 9.78. The van der Waals surface area contributed by atoms with E-state index < -0.39 is 21.4 Å². The molecule has 1 fully saturated rings. The number of nitrogens with two attached hydrogens (primary N) is 1. The fourth-order valence-corrected chi connectivity index (χ4v) is 3.33. The van der Waals surface area contributed by atoms with E-state index in [4.69, 9.17) is 5.14 Å². The Morgan fingerprint density at radius 2 is 2.00 bits per heavy atom. The first-order valence-electron chi connectivity index (χ1n) is 6.90. The number of sulfonamides is 1. The zero-order chi connectivity index (χ0) is 15.7. The van der Waals surface area contributed by atoms with Gasteiger partial charge < -0.3 is 10.0 Å². The quantitative estimate of drug-likeness (QED) is 0.875. The summed E-state index contributed by atoms with van der Waals surface area (Å²) in [5.74, 6) is -0.768. The second kappa shape index (κ2) is 5.65. The number of piperidine rings is 1. The predicted octanol–water partition coefficient (Wildman–Crippen LogP) is 1.42. The van der Waals surface area contributed by atoms with Crippen molar-refractivity contribution in [2.75, 3.05) is 18.0 Å². The fourth-order valence-electron chi connectivity index (χ4n) is 2.81. The van der Waals surface area contributed by atoms with Crippen molar-refractivity contribution < 1.29 is 18.3 Å². The van der Waals surface area contributed by atoms with Crippen molar-refractivity contribution in [1.29, 1.82) is 0 Å². The number of primary sulfonamides is 1. The molecule has 0 spiro atoms. The zero-order valence-electron chi connectivity index (χ0n) is 11.9. The minimum absolute atomic E-state index is 0.0586. The standard InChI is InChI=1S/C14H20N2O4S/c1-2-14(13(17)18)8-3-9-16(10-14)11-4-6-12(7-5-11)21(15,19)20/h4-7H,2-3,8-10H2,1H3,(H,17,18)(H2,15,19,20). The van der Waals surface area contributed by atoms with Crippen LogP contribution in [0.2, 0.25) is 0 Å². The summed E-state index contributed by atoms with van der Waals surface area (Å²) >= 11 is 0. The van der Waals surface area contributed by atoms with Crippen LogP contribution in [0.1, 0.15) is 26.2 Å². The van der Waals surface area contributed by atoms with Crippen molar-refractivity contribution in [3.63, 3.8) is 0 Å². The molecule has 1 saturated heterocycles. The topological polar surface area (TPSA) is 101 Å². The third-order valence-corrected chi connectivity index (χ3v) is 5.17. The van der Waals surface area contributed by atoms with Gasteiger partial charge in [0.2, 0.25) is 10.0 Å². The number of rotatable bonds is 4. The molecule has 0 aromatic heterocycles. The molecular weight excluding hydrogens is 292 g/mol. The van der Waals surface area contributed by atoms with Crippen LogP contribution >= 0.6 is 0 Å². The number of carboxylic acids is 1. The largest absolute Gasteiger partial charge is 0.481 e. The summed E-state index contributed by atoms with van der Waals surface area (Å²) in [4.78, 5) is 13.6. The third-order valence-electron chi connectivity index (χ3n) is 4.24. The highest BCUT2D eigenvalue weighted by molar-refractivity contribution is 7.89. The van der Waals surface area contributed by atoms with E-state index in [1.807, 2.05) is 11.8 Å². The lowest BCUT2D eigenvalue weighted by atomic mass is 9.77. The minimum Gasteiger partial charge on any atom is -0.481 e. The van der Waals surface area contributed by atoms with Crippen LogP contribution in [-0.2, 0) is 14.8 Å². The maximum absolute atomic E-state index is 11.5. The summed E-state index contributed by atoms with van der Waals surface area (Å²) in [6.45, 7) is 3.10. The molecule has 1 unspecified atom stereocenters. The van der Waals surface area contributed by atoms with E-state index >= 15 is 0 Å². The number of carboxylic acid groups (broad SMARTS) is 1. The van der Waals surface area contributed by atoms with Crippen LogP contribution in [0.15, 0.2) is 29.2 Å². The van der Waals surface area contributed by atoms with Crippen molar-refractivity contribution in [2.45, 2.75) is 31.1 Å². The monoisotopic (exact) mass is 312 g/mol. The summed E-state index contributed by atoms with van der Waals surface area (Å²) in [7, 11) is -3.70. The zero-order valence-corrected chi connectivity index (χ0v) is 12.8. The van der Waals surface area contributed by atoms with Gasteiger partial charge in [-0.05, 0) is 43.5 Å². The molecule has 1 aromatic rings. The molecule has 6 nitrogen and oxygen atoms in total. The summed E-state index contributed by atoms with van der Waals surface area (Å²) in [6.07, 6.45) is 2.05. The van der Waals surface area contributed by atoms with Crippen molar-refractivity contribution in [3.05, 3.63) is 24.3 Å². The Hall–Kier alpha value is -1.60. The third kappa shape index (κ3) is 3.19. The number of hydrogen-bond donors (Lipinski definition) is 2. The Balaban J connectivity index is 2.24. The molecule has 0 bridgehead atoms. The fraction of sp³-hybridized carbons (Fsp3) is 0.500. The van der Waals surface area contributed by atoms with E-state index in [0.717, 1.165) is 18.7 Å². The smallest absolute Gasteiger partial charge is 0.311 e. The lowest BCUT2D eigenvalue weighted by Gasteiger charge is -2.40. The van der Waals surface area contributed by atoms with Gasteiger partial charge in [-0.25, -0.2) is 13.6 Å². The van der Waals surface area contributed by atoms with Crippen LogP contribution in [0.3, 0.4) is 0 Å². The molecule has 1 atom stereocenters. The number of nitrogens with zero attached hydrogens (tertiary/aromatic N) is 1. The number of carbonyl (C=O) groups is 1. The highest BCUT2D eigenvalue weighted by Crippen LogP contribution is 2.35. The predicted molar refractivity (Wildman–Crippen MR) is 79.6 cm³/mol. The summed E-state index contributed by atoms with van der Waals surface area (Å²) in [5.41, 5.74) is 0.0952. The highest BCUT2D eigenvalue weighted by Gasteiger charge is 2.40. The van der Waals surface area contributed by atoms with Gasteiger partial charge in [-0.2, -0.15) is 0 Å². The Labute approximate surface area is 124 Å². The van der Waals surface area contributed by atoms with Gasteiger partial charge >= 0.3 is 5.97 Å². The maximum Gasteiger partial charge on any atom is 0.311 e. The van der Waals surface area contributed by atoms with Crippen LogP contribution in [0, 0.1) is 5.41 Å². The van der Waals surface area contributed by atoms with Crippen LogP contribution in [0.4, 0.5) is 5.69 Å². The maximum atomic E-state index is 11.5. The number of anilines is 1. The number of aliphatic carboxylic acids is 1. The van der Waals surface area contributed by atoms with Crippen LogP contribution in [-0.4, -0.2) is 32.6 Å². The highest BCUT2D eigenvalue weighted by atomic mass is 32.2. The molecule has 116 valence electrons. The minimum atomic E-state index is -3.70. The van der Waals surface area contributed by atoms with Gasteiger partial charge in [-0.1, -0.05) is 6.92 Å². The number of hydrogen-bond acceptors (Lipinski definition) is 4. The van der Waals surface area contributed by atoms with E-state index in [-0.39, 0.29) is 4.90 Å². The Kier molecular flexibility index (Phi) is 4.25. The second-order valence-corrected chi connectivity index (χ2v) is 7.06. The van der Waals surface area contributed by atoms with Crippen molar-refractivity contribution in [1.82, 2.24) is 0 Å². The first kappa shape index (κ1) is 15.8. The molecule has 1 aliphatic rings. The first-order valence-corrected chi connectivity index (χ1v) is 8.44. The summed E-state index contributed by atoms with van der Waals surface area (Å²) in [6, 6.07) is 6.25. The van der Waals surface area contributed by atoms with E-state index in [1.54, 1.807) is 12.1 Å². The lowest BCUT2D eigenvalue weighted by Crippen LogP contribution is -2.47. The average molecular weight is 312 g/mol. The number of benzene rings is 1. The van der Waals surface area contributed by atoms with Gasteiger partial charge in [0.25, 0.3) is 0 Å². The second-order valence-electron chi connectivity index (χ2n) is 5.50. The van der Waals surface area contributed by atoms with E-state index in [9.17, 15) is 18.3 Å². The lowest BCUT2D eigenvalue weighted by molar-refractivity contribution is -0.149. The van der Waals surface area contributed by atoms with Gasteiger partial charge in [0.05, 0.1) is 10.3 Å². The van der Waals surface area contributed by atoms with Crippen LogP contribution in [0.5, 0.6) is 0 Å². The molecule has 1 aromatic carbocycles. The molecule has 2 rings (SSSR count). The van der Waals surface area contributed by atoms with Crippen molar-refractivity contribution >= 4 is 21.7 Å². The normalized spacial score (nSPS) is 23.0. The molecule has 0 saturated carbocycles. The molecule has 1 heterocycles. The summed E-state index contributed by atoms with van der Waals surface area (Å²) < 4.78 is 22.5.